The third kappa shape index (κ3) is 4.92. The van der Waals surface area contributed by atoms with E-state index in [9.17, 15) is 14.7 Å². The zero-order valence-corrected chi connectivity index (χ0v) is 20.2. The molecule has 0 bridgehead atoms. The van der Waals surface area contributed by atoms with Gasteiger partial charge in [-0.05, 0) is 74.3 Å². The predicted octanol–water partition coefficient (Wildman–Crippen LogP) is 2.78. The topological polar surface area (TPSA) is 94.6 Å². The maximum atomic E-state index is 13.1. The molecule has 0 aromatic heterocycles. The molecule has 0 saturated carbocycles. The van der Waals surface area contributed by atoms with Crippen LogP contribution in [0.5, 0.6) is 5.75 Å². The van der Waals surface area contributed by atoms with Gasteiger partial charge < -0.3 is 29.7 Å². The van der Waals surface area contributed by atoms with Crippen LogP contribution < -0.4 is 19.9 Å². The first-order chi connectivity index (χ1) is 16.9. The van der Waals surface area contributed by atoms with Gasteiger partial charge in [-0.25, -0.2) is 4.79 Å². The van der Waals surface area contributed by atoms with Gasteiger partial charge in [-0.2, -0.15) is 0 Å². The SMILES string of the molecule is CC(O)c1cc2c(c(N3CCN(C)CC3)c1)OC(C(=O)Nc1ccc(N3CCOC3=O)cc1)CC2. The number of hydrogen-bond acceptors (Lipinski definition) is 7. The molecule has 3 aliphatic heterocycles. The van der Waals surface area contributed by atoms with Gasteiger partial charge in [-0.3, -0.25) is 9.69 Å². The molecule has 0 radical (unpaired) electrons. The number of carbonyl (C=O) groups excluding carboxylic acids is 2. The number of cyclic esters (lactones) is 1. The summed E-state index contributed by atoms with van der Waals surface area (Å²) in [6, 6.07) is 11.1. The Morgan fingerprint density at radius 3 is 2.51 bits per heavy atom. The number of nitrogens with zero attached hydrogens (tertiary/aromatic N) is 3. The van der Waals surface area contributed by atoms with E-state index < -0.39 is 12.2 Å². The van der Waals surface area contributed by atoms with Crippen molar-refractivity contribution in [2.45, 2.75) is 32.0 Å². The number of benzene rings is 2. The largest absolute Gasteiger partial charge is 0.478 e. The van der Waals surface area contributed by atoms with E-state index in [1.807, 2.05) is 12.1 Å². The third-order valence-electron chi connectivity index (χ3n) is 6.93. The number of nitrogens with one attached hydrogen (secondary N) is 1. The first-order valence-corrected chi connectivity index (χ1v) is 12.2. The van der Waals surface area contributed by atoms with Crippen molar-refractivity contribution in [2.24, 2.45) is 0 Å². The molecule has 2 aromatic carbocycles. The van der Waals surface area contributed by atoms with Crippen molar-refractivity contribution < 1.29 is 24.2 Å². The molecule has 5 rings (SSSR count). The van der Waals surface area contributed by atoms with E-state index in [0.29, 0.717) is 31.7 Å². The average Bonchev–Trinajstić information content (AvgIpc) is 3.29. The number of aliphatic hydroxyl groups is 1. The summed E-state index contributed by atoms with van der Waals surface area (Å²) in [5.74, 6) is 0.543. The lowest BCUT2D eigenvalue weighted by Crippen LogP contribution is -2.45. The van der Waals surface area contributed by atoms with Crippen molar-refractivity contribution >= 4 is 29.1 Å². The van der Waals surface area contributed by atoms with E-state index in [0.717, 1.165) is 54.4 Å². The molecule has 186 valence electrons. The lowest BCUT2D eigenvalue weighted by Gasteiger charge is -2.37. The number of aliphatic hydroxyl groups excluding tert-OH is 1. The Bertz CT molecular complexity index is 1100. The van der Waals surface area contributed by atoms with Crippen LogP contribution in [0.15, 0.2) is 36.4 Å². The summed E-state index contributed by atoms with van der Waals surface area (Å²) in [5, 5.41) is 13.2. The summed E-state index contributed by atoms with van der Waals surface area (Å²) in [6.45, 7) is 6.30. The highest BCUT2D eigenvalue weighted by Crippen LogP contribution is 2.40. The molecule has 9 heteroatoms. The van der Waals surface area contributed by atoms with Gasteiger partial charge in [0.1, 0.15) is 12.4 Å². The second-order valence-electron chi connectivity index (χ2n) is 9.44. The molecule has 0 spiro atoms. The van der Waals surface area contributed by atoms with Crippen LogP contribution in [0.2, 0.25) is 0 Å². The Morgan fingerprint density at radius 1 is 1.11 bits per heavy atom. The molecule has 3 heterocycles. The fourth-order valence-electron chi connectivity index (χ4n) is 4.79. The lowest BCUT2D eigenvalue weighted by atomic mass is 9.96. The molecule has 3 aliphatic rings. The van der Waals surface area contributed by atoms with E-state index in [-0.39, 0.29) is 12.0 Å². The van der Waals surface area contributed by atoms with Crippen LogP contribution in [0, 0.1) is 0 Å². The molecular weight excluding hydrogens is 448 g/mol. The van der Waals surface area contributed by atoms with E-state index in [2.05, 4.69) is 22.2 Å². The summed E-state index contributed by atoms with van der Waals surface area (Å²) < 4.78 is 11.3. The maximum absolute atomic E-state index is 13.1. The van der Waals surface area contributed by atoms with Gasteiger partial charge in [0.15, 0.2) is 6.10 Å². The molecule has 0 aliphatic carbocycles. The number of ether oxygens (including phenoxy) is 2. The number of hydrogen-bond donors (Lipinski definition) is 2. The number of amides is 2. The van der Waals surface area contributed by atoms with Crippen molar-refractivity contribution in [3.8, 4) is 5.75 Å². The molecule has 2 saturated heterocycles. The van der Waals surface area contributed by atoms with E-state index in [1.165, 1.54) is 0 Å². The van der Waals surface area contributed by atoms with Crippen LogP contribution in [0.3, 0.4) is 0 Å². The van der Waals surface area contributed by atoms with Gasteiger partial charge >= 0.3 is 6.09 Å². The van der Waals surface area contributed by atoms with Crippen molar-refractivity contribution in [3.63, 3.8) is 0 Å². The molecule has 2 fully saturated rings. The first kappa shape index (κ1) is 23.4. The summed E-state index contributed by atoms with van der Waals surface area (Å²) in [7, 11) is 2.11. The monoisotopic (exact) mass is 480 g/mol. The molecule has 2 atom stereocenters. The van der Waals surface area contributed by atoms with Crippen molar-refractivity contribution in [1.82, 2.24) is 4.90 Å². The highest BCUT2D eigenvalue weighted by atomic mass is 16.6. The average molecular weight is 481 g/mol. The Balaban J connectivity index is 1.31. The molecule has 2 N–H and O–H groups in total. The number of fused-ring (bicyclic) bond motifs is 1. The highest BCUT2D eigenvalue weighted by molar-refractivity contribution is 5.95. The van der Waals surface area contributed by atoms with E-state index in [4.69, 9.17) is 9.47 Å². The second-order valence-corrected chi connectivity index (χ2v) is 9.44. The molecule has 2 aromatic rings. The zero-order valence-electron chi connectivity index (χ0n) is 20.2. The van der Waals surface area contributed by atoms with E-state index in [1.54, 1.807) is 36.1 Å². The quantitative estimate of drug-likeness (QED) is 0.680. The third-order valence-corrected chi connectivity index (χ3v) is 6.93. The minimum atomic E-state index is -0.612. The minimum absolute atomic E-state index is 0.201. The molecule has 9 nitrogen and oxygen atoms in total. The number of carbonyl (C=O) groups is 2. The summed E-state index contributed by atoms with van der Waals surface area (Å²) in [6.07, 6.45) is -0.282. The van der Waals surface area contributed by atoms with Crippen LogP contribution in [0.4, 0.5) is 21.9 Å². The second kappa shape index (κ2) is 9.75. The number of rotatable bonds is 5. The lowest BCUT2D eigenvalue weighted by molar-refractivity contribution is -0.123. The smallest absolute Gasteiger partial charge is 0.414 e. The number of piperazine rings is 1. The molecule has 2 amide bonds. The number of anilines is 3. The van der Waals surface area contributed by atoms with Crippen molar-refractivity contribution in [2.75, 3.05) is 61.5 Å². The van der Waals surface area contributed by atoms with Gasteiger partial charge in [0.05, 0.1) is 18.3 Å². The Labute approximate surface area is 205 Å². The van der Waals surface area contributed by atoms with Gasteiger partial charge in [0.2, 0.25) is 0 Å². The van der Waals surface area contributed by atoms with E-state index >= 15 is 0 Å². The van der Waals surface area contributed by atoms with Gasteiger partial charge in [-0.1, -0.05) is 0 Å². The maximum Gasteiger partial charge on any atom is 0.414 e. The fraction of sp³-hybridized carbons (Fsp3) is 0.462. The fourth-order valence-corrected chi connectivity index (χ4v) is 4.79. The summed E-state index contributed by atoms with van der Waals surface area (Å²) in [5.41, 5.74) is 4.23. The van der Waals surface area contributed by atoms with Crippen LogP contribution in [-0.4, -0.2) is 74.5 Å². The minimum Gasteiger partial charge on any atom is -0.478 e. The van der Waals surface area contributed by atoms with Gasteiger partial charge in [0, 0.05) is 37.6 Å². The Hall–Kier alpha value is -3.30. The number of aryl methyl sites for hydroxylation is 1. The Morgan fingerprint density at radius 2 is 1.86 bits per heavy atom. The predicted molar refractivity (Wildman–Crippen MR) is 133 cm³/mol. The van der Waals surface area contributed by atoms with Crippen LogP contribution in [0.1, 0.15) is 30.6 Å². The Kier molecular flexibility index (Phi) is 6.53. The normalized spacial score (nSPS) is 21.2. The van der Waals surface area contributed by atoms with Crippen molar-refractivity contribution in [3.05, 3.63) is 47.5 Å². The van der Waals surface area contributed by atoms with Crippen molar-refractivity contribution in [1.29, 1.82) is 0 Å². The van der Waals surface area contributed by atoms with Crippen LogP contribution in [-0.2, 0) is 16.0 Å². The molecule has 2 unspecified atom stereocenters. The molecule has 35 heavy (non-hydrogen) atoms. The summed E-state index contributed by atoms with van der Waals surface area (Å²) >= 11 is 0. The number of likely N-dealkylation sites (N-methyl/N-ethyl adjacent to an activating group) is 1. The van der Waals surface area contributed by atoms with Gasteiger partial charge in [-0.15, -0.1) is 0 Å². The van der Waals surface area contributed by atoms with Crippen LogP contribution in [0.25, 0.3) is 0 Å². The van der Waals surface area contributed by atoms with Crippen LogP contribution >= 0.6 is 0 Å². The standard InChI is InChI=1S/C26H32N4O5/c1-17(31)19-15-18-3-8-23(35-24(18)22(16-19)29-11-9-28(2)10-12-29)25(32)27-20-4-6-21(7-5-20)30-13-14-34-26(30)33/h4-7,15-17,23,31H,3,8-14H2,1-2H3,(H,27,32). The summed E-state index contributed by atoms with van der Waals surface area (Å²) in [4.78, 5) is 31.0. The zero-order chi connectivity index (χ0) is 24.5. The first-order valence-electron chi connectivity index (χ1n) is 12.2. The highest BCUT2D eigenvalue weighted by Gasteiger charge is 2.31. The molecular formula is C26H32N4O5. The van der Waals surface area contributed by atoms with Gasteiger partial charge in [0.25, 0.3) is 5.91 Å².